The van der Waals surface area contributed by atoms with Crippen molar-refractivity contribution in [3.63, 3.8) is 0 Å². The number of carboxylic acid groups (broad SMARTS) is 1. The van der Waals surface area contributed by atoms with Crippen molar-refractivity contribution in [2.45, 2.75) is 38.0 Å². The minimum atomic E-state index is -0.861. The normalized spacial score (nSPS) is 22.1. The third-order valence-electron chi connectivity index (χ3n) is 6.31. The van der Waals surface area contributed by atoms with E-state index in [1.165, 1.54) is 5.56 Å². The maximum absolute atomic E-state index is 12.7. The summed E-state index contributed by atoms with van der Waals surface area (Å²) in [5.74, 6) is 0.918. The molecule has 1 N–H and O–H groups in total. The van der Waals surface area contributed by atoms with Crippen LogP contribution in [-0.4, -0.2) is 35.0 Å². The lowest BCUT2D eigenvalue weighted by atomic mass is 9.88. The molecule has 1 saturated heterocycles. The Labute approximate surface area is 166 Å². The summed E-state index contributed by atoms with van der Waals surface area (Å²) >= 11 is 0. The van der Waals surface area contributed by atoms with Crippen LogP contribution in [0.25, 0.3) is 0 Å². The quantitative estimate of drug-likeness (QED) is 0.814. The molecule has 0 unspecified atom stereocenters. The van der Waals surface area contributed by atoms with E-state index < -0.39 is 5.97 Å². The van der Waals surface area contributed by atoms with Gasteiger partial charge in [0.05, 0.1) is 5.56 Å². The number of carbonyl (C=O) groups is 2. The van der Waals surface area contributed by atoms with E-state index in [-0.39, 0.29) is 5.91 Å². The van der Waals surface area contributed by atoms with Gasteiger partial charge in [0.2, 0.25) is 5.91 Å². The fourth-order valence-electron chi connectivity index (χ4n) is 4.54. The number of hydrogen-bond acceptors (Lipinski definition) is 2. The molecule has 1 aliphatic heterocycles. The predicted molar refractivity (Wildman–Crippen MR) is 108 cm³/mol. The zero-order chi connectivity index (χ0) is 19.5. The van der Waals surface area contributed by atoms with E-state index in [4.69, 9.17) is 0 Å². The van der Waals surface area contributed by atoms with E-state index in [9.17, 15) is 14.7 Å². The third kappa shape index (κ3) is 4.27. The Bertz CT molecular complexity index is 840. The van der Waals surface area contributed by atoms with Crippen LogP contribution in [0.3, 0.4) is 0 Å². The number of amides is 1. The monoisotopic (exact) mass is 377 g/mol. The summed E-state index contributed by atoms with van der Waals surface area (Å²) in [7, 11) is 0. The van der Waals surface area contributed by atoms with Crippen molar-refractivity contribution in [2.24, 2.45) is 11.8 Å². The molecule has 1 aliphatic carbocycles. The van der Waals surface area contributed by atoms with E-state index in [2.05, 4.69) is 24.3 Å². The molecule has 1 amide bonds. The minimum Gasteiger partial charge on any atom is -0.478 e. The number of likely N-dealkylation sites (tertiary alicyclic amines) is 1. The van der Waals surface area contributed by atoms with Gasteiger partial charge in [-0.05, 0) is 60.6 Å². The largest absolute Gasteiger partial charge is 0.478 e. The van der Waals surface area contributed by atoms with Crippen molar-refractivity contribution >= 4 is 11.9 Å². The first kappa shape index (κ1) is 18.7. The second kappa shape index (κ2) is 8.17. The number of hydrogen-bond donors (Lipinski definition) is 1. The first-order valence-electron chi connectivity index (χ1n) is 10.3. The number of benzene rings is 2. The first-order valence-corrected chi connectivity index (χ1v) is 10.3. The van der Waals surface area contributed by atoms with Crippen LogP contribution in [0.15, 0.2) is 54.6 Å². The first-order chi connectivity index (χ1) is 13.6. The highest BCUT2D eigenvalue weighted by atomic mass is 16.4. The highest BCUT2D eigenvalue weighted by molar-refractivity contribution is 5.89. The molecule has 4 heteroatoms. The van der Waals surface area contributed by atoms with E-state index in [0.717, 1.165) is 44.3 Å². The van der Waals surface area contributed by atoms with E-state index in [1.807, 2.05) is 23.1 Å². The summed E-state index contributed by atoms with van der Waals surface area (Å²) in [4.78, 5) is 26.1. The summed E-state index contributed by atoms with van der Waals surface area (Å²) in [5.41, 5.74) is 2.67. The number of piperidine rings is 1. The maximum atomic E-state index is 12.7. The predicted octanol–water partition coefficient (Wildman–Crippen LogP) is 4.36. The topological polar surface area (TPSA) is 57.6 Å². The maximum Gasteiger partial charge on any atom is 0.335 e. The van der Waals surface area contributed by atoms with E-state index >= 15 is 0 Å². The number of carboxylic acids is 1. The van der Waals surface area contributed by atoms with Crippen molar-refractivity contribution in [1.82, 2.24) is 4.90 Å². The van der Waals surface area contributed by atoms with Crippen LogP contribution in [0.5, 0.6) is 0 Å². The SMILES string of the molecule is O=C(O)c1ccccc1CC1CCN(C(=O)C[C@@H]2C[C@H]2c2ccccc2)CC1. The van der Waals surface area contributed by atoms with Crippen molar-refractivity contribution < 1.29 is 14.7 Å². The van der Waals surface area contributed by atoms with Gasteiger partial charge in [-0.15, -0.1) is 0 Å². The molecule has 0 radical (unpaired) electrons. The molecule has 146 valence electrons. The summed E-state index contributed by atoms with van der Waals surface area (Å²) in [6.07, 6.45) is 4.46. The van der Waals surface area contributed by atoms with Crippen molar-refractivity contribution in [1.29, 1.82) is 0 Å². The van der Waals surface area contributed by atoms with Crippen LogP contribution < -0.4 is 0 Å². The van der Waals surface area contributed by atoms with Crippen LogP contribution in [0.4, 0.5) is 0 Å². The van der Waals surface area contributed by atoms with Crippen LogP contribution in [0, 0.1) is 11.8 Å². The molecule has 0 spiro atoms. The fraction of sp³-hybridized carbons (Fsp3) is 0.417. The molecule has 1 heterocycles. The Morgan fingerprint density at radius 1 is 0.964 bits per heavy atom. The van der Waals surface area contributed by atoms with Crippen molar-refractivity contribution in [3.8, 4) is 0 Å². The number of aromatic carboxylic acids is 1. The Morgan fingerprint density at radius 3 is 2.36 bits per heavy atom. The lowest BCUT2D eigenvalue weighted by Gasteiger charge is -2.32. The lowest BCUT2D eigenvalue weighted by Crippen LogP contribution is -2.39. The average Bonchev–Trinajstić information content (AvgIpc) is 3.48. The summed E-state index contributed by atoms with van der Waals surface area (Å²) < 4.78 is 0. The van der Waals surface area contributed by atoms with Crippen molar-refractivity contribution in [3.05, 3.63) is 71.3 Å². The molecule has 4 nitrogen and oxygen atoms in total. The molecule has 0 aromatic heterocycles. The van der Waals surface area contributed by atoms with Gasteiger partial charge >= 0.3 is 5.97 Å². The zero-order valence-electron chi connectivity index (χ0n) is 16.1. The van der Waals surface area contributed by atoms with Crippen LogP contribution in [0.1, 0.15) is 53.1 Å². The second-order valence-corrected chi connectivity index (χ2v) is 8.21. The van der Waals surface area contributed by atoms with Gasteiger partial charge in [-0.25, -0.2) is 4.79 Å². The Kier molecular flexibility index (Phi) is 5.47. The number of rotatable bonds is 6. The number of nitrogens with zero attached hydrogens (tertiary/aromatic N) is 1. The highest BCUT2D eigenvalue weighted by Gasteiger charge is 2.40. The van der Waals surface area contributed by atoms with Gasteiger partial charge < -0.3 is 10.0 Å². The Morgan fingerprint density at radius 2 is 1.64 bits per heavy atom. The van der Waals surface area contributed by atoms with Gasteiger partial charge in [-0.3, -0.25) is 4.79 Å². The standard InChI is InChI=1S/C24H27NO3/c26-23(16-20-15-22(20)18-6-2-1-3-7-18)25-12-10-17(11-13-25)14-19-8-4-5-9-21(19)24(27)28/h1-9,17,20,22H,10-16H2,(H,27,28)/t20-,22-/m0/s1. The minimum absolute atomic E-state index is 0.285. The van der Waals surface area contributed by atoms with Crippen LogP contribution >= 0.6 is 0 Å². The molecule has 2 aromatic carbocycles. The Balaban J connectivity index is 1.26. The third-order valence-corrected chi connectivity index (χ3v) is 6.31. The molecule has 1 saturated carbocycles. The molecule has 0 bridgehead atoms. The molecule has 28 heavy (non-hydrogen) atoms. The van der Waals surface area contributed by atoms with E-state index in [1.54, 1.807) is 12.1 Å². The molecular weight excluding hydrogens is 350 g/mol. The average molecular weight is 377 g/mol. The molecule has 2 aromatic rings. The Hall–Kier alpha value is -2.62. The van der Waals surface area contributed by atoms with Crippen molar-refractivity contribution in [2.75, 3.05) is 13.1 Å². The van der Waals surface area contributed by atoms with Gasteiger partial charge in [-0.2, -0.15) is 0 Å². The second-order valence-electron chi connectivity index (χ2n) is 8.21. The summed E-state index contributed by atoms with van der Waals surface area (Å²) in [6, 6.07) is 17.8. The highest BCUT2D eigenvalue weighted by Crippen LogP contribution is 2.49. The number of carbonyl (C=O) groups excluding carboxylic acids is 1. The molecule has 2 atom stereocenters. The van der Waals surface area contributed by atoms with Crippen LogP contribution in [0.2, 0.25) is 0 Å². The lowest BCUT2D eigenvalue weighted by molar-refractivity contribution is -0.133. The van der Waals surface area contributed by atoms with E-state index in [0.29, 0.717) is 29.7 Å². The fourth-order valence-corrected chi connectivity index (χ4v) is 4.54. The molecular formula is C24H27NO3. The summed E-state index contributed by atoms with van der Waals surface area (Å²) in [5, 5.41) is 9.35. The van der Waals surface area contributed by atoms with Gasteiger partial charge in [0, 0.05) is 19.5 Å². The zero-order valence-corrected chi connectivity index (χ0v) is 16.1. The van der Waals surface area contributed by atoms with Gasteiger partial charge in [0.25, 0.3) is 0 Å². The summed E-state index contributed by atoms with van der Waals surface area (Å²) in [6.45, 7) is 1.59. The van der Waals surface area contributed by atoms with Gasteiger partial charge in [-0.1, -0.05) is 48.5 Å². The smallest absolute Gasteiger partial charge is 0.335 e. The van der Waals surface area contributed by atoms with Gasteiger partial charge in [0.15, 0.2) is 0 Å². The molecule has 4 rings (SSSR count). The molecule has 2 fully saturated rings. The van der Waals surface area contributed by atoms with Gasteiger partial charge in [0.1, 0.15) is 0 Å². The van der Waals surface area contributed by atoms with Crippen LogP contribution in [-0.2, 0) is 11.2 Å². The molecule has 2 aliphatic rings.